The van der Waals surface area contributed by atoms with Gasteiger partial charge < -0.3 is 19.7 Å². The minimum Gasteiger partial charge on any atom is -0.489 e. The molecule has 0 bridgehead atoms. The lowest BCUT2D eigenvalue weighted by molar-refractivity contribution is 0.163. The lowest BCUT2D eigenvalue weighted by Gasteiger charge is -2.32. The Labute approximate surface area is 197 Å². The maximum atomic E-state index is 14.3. The highest BCUT2D eigenvalue weighted by molar-refractivity contribution is 7.98. The van der Waals surface area contributed by atoms with Crippen molar-refractivity contribution in [3.8, 4) is 11.6 Å². The summed E-state index contributed by atoms with van der Waals surface area (Å²) in [5.74, 6) is 2.40. The number of piperidine rings is 1. The summed E-state index contributed by atoms with van der Waals surface area (Å²) >= 11 is 1.50. The SMILES string of the molecule is CSc1ccc(Nc2cc(N3CCC(Oc4ccc(OC(C)C)cn4)CC3)ncn2)c(F)c1. The summed E-state index contributed by atoms with van der Waals surface area (Å²) < 4.78 is 26.0. The molecule has 7 nitrogen and oxygen atoms in total. The molecule has 1 aliphatic heterocycles. The topological polar surface area (TPSA) is 72.4 Å². The number of halogens is 1. The molecule has 0 amide bonds. The number of benzene rings is 1. The van der Waals surface area contributed by atoms with Crippen LogP contribution in [0.3, 0.4) is 0 Å². The monoisotopic (exact) mass is 469 g/mol. The second kappa shape index (κ2) is 10.7. The van der Waals surface area contributed by atoms with Gasteiger partial charge in [0.05, 0.1) is 18.0 Å². The number of nitrogens with zero attached hydrogens (tertiary/aromatic N) is 4. The Balaban J connectivity index is 1.32. The number of nitrogens with one attached hydrogen (secondary N) is 1. The molecule has 0 aliphatic carbocycles. The summed E-state index contributed by atoms with van der Waals surface area (Å²) in [6, 6.07) is 10.7. The zero-order valence-electron chi connectivity index (χ0n) is 19.0. The number of aromatic nitrogens is 3. The van der Waals surface area contributed by atoms with E-state index in [-0.39, 0.29) is 18.0 Å². The maximum absolute atomic E-state index is 14.3. The molecular weight excluding hydrogens is 441 g/mol. The highest BCUT2D eigenvalue weighted by Gasteiger charge is 2.22. The molecule has 0 radical (unpaired) electrons. The molecule has 1 N–H and O–H groups in total. The van der Waals surface area contributed by atoms with E-state index >= 15 is 0 Å². The van der Waals surface area contributed by atoms with E-state index in [0.717, 1.165) is 42.4 Å². The summed E-state index contributed by atoms with van der Waals surface area (Å²) in [7, 11) is 0. The summed E-state index contributed by atoms with van der Waals surface area (Å²) in [5, 5.41) is 3.06. The second-order valence-corrected chi connectivity index (χ2v) is 8.91. The van der Waals surface area contributed by atoms with Gasteiger partial charge in [-0.1, -0.05) is 0 Å². The standard InChI is InChI=1S/C24H28FN5O2S/c1-16(2)31-18-4-7-24(26-14-18)32-17-8-10-30(11-9-17)23-13-22(27-15-28-23)29-21-6-5-19(33-3)12-20(21)25/h4-7,12-17H,8-11H2,1-3H3,(H,27,28,29). The van der Waals surface area contributed by atoms with Gasteiger partial charge in [0.25, 0.3) is 0 Å². The number of thioether (sulfide) groups is 1. The Bertz CT molecular complexity index is 1060. The van der Waals surface area contributed by atoms with Crippen LogP contribution in [0, 0.1) is 5.82 Å². The largest absolute Gasteiger partial charge is 0.489 e. The molecule has 0 saturated carbocycles. The van der Waals surface area contributed by atoms with Crippen LogP contribution in [0.2, 0.25) is 0 Å². The Morgan fingerprint density at radius 3 is 2.58 bits per heavy atom. The van der Waals surface area contributed by atoms with Gasteiger partial charge in [-0.25, -0.2) is 19.3 Å². The quantitative estimate of drug-likeness (QED) is 0.445. The third kappa shape index (κ3) is 6.25. The third-order valence-electron chi connectivity index (χ3n) is 5.23. The fourth-order valence-corrected chi connectivity index (χ4v) is 4.03. The number of rotatable bonds is 8. The zero-order valence-corrected chi connectivity index (χ0v) is 19.8. The van der Waals surface area contributed by atoms with Gasteiger partial charge in [-0.15, -0.1) is 11.8 Å². The smallest absolute Gasteiger partial charge is 0.213 e. The van der Waals surface area contributed by atoms with E-state index in [1.54, 1.807) is 12.3 Å². The van der Waals surface area contributed by atoms with Crippen LogP contribution in [0.15, 0.2) is 53.8 Å². The number of hydrogen-bond acceptors (Lipinski definition) is 8. The molecule has 0 unspecified atom stereocenters. The third-order valence-corrected chi connectivity index (χ3v) is 5.95. The Morgan fingerprint density at radius 1 is 1.09 bits per heavy atom. The van der Waals surface area contributed by atoms with Gasteiger partial charge in [-0.05, 0) is 44.4 Å². The molecule has 9 heteroatoms. The van der Waals surface area contributed by atoms with Crippen molar-refractivity contribution in [3.63, 3.8) is 0 Å². The highest BCUT2D eigenvalue weighted by atomic mass is 32.2. The van der Waals surface area contributed by atoms with E-state index in [1.165, 1.54) is 24.2 Å². The average molecular weight is 470 g/mol. The van der Waals surface area contributed by atoms with Crippen LogP contribution >= 0.6 is 11.8 Å². The fourth-order valence-electron chi connectivity index (χ4n) is 3.60. The summed E-state index contributed by atoms with van der Waals surface area (Å²) in [6.07, 6.45) is 7.01. The van der Waals surface area contributed by atoms with Crippen molar-refractivity contribution in [2.45, 2.75) is 43.8 Å². The van der Waals surface area contributed by atoms with Crippen LogP contribution in [-0.2, 0) is 0 Å². The molecule has 3 aromatic rings. The van der Waals surface area contributed by atoms with E-state index < -0.39 is 0 Å². The van der Waals surface area contributed by atoms with Crippen molar-refractivity contribution in [1.29, 1.82) is 0 Å². The fraction of sp³-hybridized carbons (Fsp3) is 0.375. The maximum Gasteiger partial charge on any atom is 0.213 e. The van der Waals surface area contributed by atoms with Crippen LogP contribution in [0.5, 0.6) is 11.6 Å². The summed E-state index contributed by atoms with van der Waals surface area (Å²) in [5.41, 5.74) is 0.391. The molecule has 4 rings (SSSR count). The van der Waals surface area contributed by atoms with Crippen LogP contribution in [-0.4, -0.2) is 46.5 Å². The van der Waals surface area contributed by atoms with E-state index in [1.807, 2.05) is 44.4 Å². The first kappa shape index (κ1) is 23.1. The molecule has 174 valence electrons. The molecule has 3 heterocycles. The van der Waals surface area contributed by atoms with Crippen molar-refractivity contribution in [1.82, 2.24) is 15.0 Å². The first-order valence-electron chi connectivity index (χ1n) is 11.0. The minimum absolute atomic E-state index is 0.0918. The van der Waals surface area contributed by atoms with Gasteiger partial charge in [0.1, 0.15) is 35.6 Å². The number of ether oxygens (including phenoxy) is 2. The van der Waals surface area contributed by atoms with Gasteiger partial charge in [0.15, 0.2) is 0 Å². The number of pyridine rings is 1. The van der Waals surface area contributed by atoms with Crippen molar-refractivity contribution in [2.24, 2.45) is 0 Å². The predicted molar refractivity (Wildman–Crippen MR) is 129 cm³/mol. The molecule has 2 aromatic heterocycles. The van der Waals surface area contributed by atoms with Crippen LogP contribution in [0.25, 0.3) is 0 Å². The van der Waals surface area contributed by atoms with E-state index in [4.69, 9.17) is 9.47 Å². The van der Waals surface area contributed by atoms with Crippen molar-refractivity contribution >= 4 is 29.1 Å². The Hall–Kier alpha value is -3.07. The molecule has 1 aliphatic rings. The number of hydrogen-bond donors (Lipinski definition) is 1. The van der Waals surface area contributed by atoms with Crippen LogP contribution in [0.1, 0.15) is 26.7 Å². The van der Waals surface area contributed by atoms with Gasteiger partial charge in [0.2, 0.25) is 5.88 Å². The molecule has 1 fully saturated rings. The average Bonchev–Trinajstić information content (AvgIpc) is 2.82. The molecular formula is C24H28FN5O2S. The molecule has 1 aromatic carbocycles. The van der Waals surface area contributed by atoms with Gasteiger partial charge in [0, 0.05) is 43.0 Å². The predicted octanol–water partition coefficient (Wildman–Crippen LogP) is 5.31. The van der Waals surface area contributed by atoms with Gasteiger partial charge in [-0.2, -0.15) is 0 Å². The first-order chi connectivity index (χ1) is 16.0. The first-order valence-corrected chi connectivity index (χ1v) is 12.2. The lowest BCUT2D eigenvalue weighted by atomic mass is 10.1. The van der Waals surface area contributed by atoms with E-state index in [9.17, 15) is 4.39 Å². The van der Waals surface area contributed by atoms with Crippen molar-refractivity contribution in [3.05, 3.63) is 54.7 Å². The number of anilines is 3. The second-order valence-electron chi connectivity index (χ2n) is 8.04. The minimum atomic E-state index is -0.308. The van der Waals surface area contributed by atoms with Crippen molar-refractivity contribution < 1.29 is 13.9 Å². The van der Waals surface area contributed by atoms with E-state index in [2.05, 4.69) is 25.2 Å². The van der Waals surface area contributed by atoms with Gasteiger partial charge in [-0.3, -0.25) is 0 Å². The summed E-state index contributed by atoms with van der Waals surface area (Å²) in [6.45, 7) is 5.56. The molecule has 0 spiro atoms. The zero-order chi connectivity index (χ0) is 23.2. The van der Waals surface area contributed by atoms with Crippen LogP contribution < -0.4 is 19.7 Å². The summed E-state index contributed by atoms with van der Waals surface area (Å²) in [4.78, 5) is 16.1. The van der Waals surface area contributed by atoms with Crippen LogP contribution in [0.4, 0.5) is 21.7 Å². The molecule has 0 atom stereocenters. The Kier molecular flexibility index (Phi) is 7.49. The Morgan fingerprint density at radius 2 is 1.91 bits per heavy atom. The van der Waals surface area contributed by atoms with Gasteiger partial charge >= 0.3 is 0 Å². The highest BCUT2D eigenvalue weighted by Crippen LogP contribution is 2.26. The lowest BCUT2D eigenvalue weighted by Crippen LogP contribution is -2.38. The normalized spacial score (nSPS) is 14.4. The van der Waals surface area contributed by atoms with Crippen molar-refractivity contribution in [2.75, 3.05) is 29.6 Å². The molecule has 1 saturated heterocycles. The molecule has 33 heavy (non-hydrogen) atoms. The van der Waals surface area contributed by atoms with E-state index in [0.29, 0.717) is 17.4 Å².